The standard InChI is InChI=1S/C15H18N4.2ClH/c1-11-17-15(18-19(11)2)14-5-3-12(4-6-14)13-7-9-16-10-8-13;;/h3-7,16H,8-10H2,1-2H3;2*1H. The van der Waals surface area contributed by atoms with E-state index in [4.69, 9.17) is 0 Å². The summed E-state index contributed by atoms with van der Waals surface area (Å²) in [5.41, 5.74) is 3.80. The molecule has 0 amide bonds. The maximum atomic E-state index is 4.45. The van der Waals surface area contributed by atoms with E-state index in [1.54, 1.807) is 4.68 Å². The number of nitrogens with zero attached hydrogens (tertiary/aromatic N) is 3. The molecule has 0 saturated heterocycles. The van der Waals surface area contributed by atoms with Crippen molar-refractivity contribution in [2.24, 2.45) is 7.05 Å². The van der Waals surface area contributed by atoms with Crippen molar-refractivity contribution in [1.29, 1.82) is 0 Å². The van der Waals surface area contributed by atoms with Crippen LogP contribution in [0.25, 0.3) is 17.0 Å². The van der Waals surface area contributed by atoms with E-state index in [2.05, 4.69) is 45.7 Å². The van der Waals surface area contributed by atoms with Crippen LogP contribution in [-0.4, -0.2) is 27.9 Å². The topological polar surface area (TPSA) is 42.7 Å². The molecule has 0 unspecified atom stereocenters. The summed E-state index contributed by atoms with van der Waals surface area (Å²) >= 11 is 0. The minimum Gasteiger partial charge on any atom is -0.313 e. The molecule has 0 fully saturated rings. The fourth-order valence-electron chi connectivity index (χ4n) is 2.30. The van der Waals surface area contributed by atoms with E-state index in [9.17, 15) is 0 Å². The maximum Gasteiger partial charge on any atom is 0.181 e. The molecule has 1 aromatic carbocycles. The molecule has 3 rings (SSSR count). The number of rotatable bonds is 2. The third-order valence-electron chi connectivity index (χ3n) is 3.56. The fourth-order valence-corrected chi connectivity index (χ4v) is 2.30. The first kappa shape index (κ1) is 17.7. The Morgan fingerprint density at radius 3 is 2.29 bits per heavy atom. The second kappa shape index (κ2) is 7.59. The molecule has 21 heavy (non-hydrogen) atoms. The molecule has 2 aromatic rings. The minimum absolute atomic E-state index is 0. The highest BCUT2D eigenvalue weighted by molar-refractivity contribution is 5.85. The van der Waals surface area contributed by atoms with Crippen molar-refractivity contribution in [2.45, 2.75) is 13.3 Å². The number of aryl methyl sites for hydroxylation is 2. The van der Waals surface area contributed by atoms with Crippen LogP contribution in [0.5, 0.6) is 0 Å². The predicted molar refractivity (Wildman–Crippen MR) is 91.1 cm³/mol. The third-order valence-corrected chi connectivity index (χ3v) is 3.56. The Bertz CT molecular complexity index is 598. The van der Waals surface area contributed by atoms with Crippen molar-refractivity contribution >= 4 is 30.4 Å². The molecule has 114 valence electrons. The van der Waals surface area contributed by atoms with E-state index in [1.165, 1.54) is 11.1 Å². The molecule has 0 bridgehead atoms. The van der Waals surface area contributed by atoms with Gasteiger partial charge in [0.05, 0.1) is 0 Å². The van der Waals surface area contributed by atoms with Crippen molar-refractivity contribution in [3.8, 4) is 11.4 Å². The second-order valence-electron chi connectivity index (χ2n) is 4.87. The lowest BCUT2D eigenvalue weighted by atomic mass is 9.99. The lowest BCUT2D eigenvalue weighted by Gasteiger charge is -2.14. The molecule has 0 saturated carbocycles. The summed E-state index contributed by atoms with van der Waals surface area (Å²) in [6, 6.07) is 8.54. The largest absolute Gasteiger partial charge is 0.313 e. The SMILES string of the molecule is Cc1nc(-c2ccc(C3=CCNCC3)cc2)nn1C.Cl.Cl. The molecule has 0 spiro atoms. The van der Waals surface area contributed by atoms with Gasteiger partial charge in [-0.25, -0.2) is 4.98 Å². The molecule has 1 aromatic heterocycles. The average Bonchev–Trinajstić information content (AvgIpc) is 2.80. The van der Waals surface area contributed by atoms with Crippen LogP contribution in [0, 0.1) is 6.92 Å². The average molecular weight is 327 g/mol. The molecule has 1 N–H and O–H groups in total. The summed E-state index contributed by atoms with van der Waals surface area (Å²) in [4.78, 5) is 4.45. The van der Waals surface area contributed by atoms with Gasteiger partial charge in [0.25, 0.3) is 0 Å². The number of aromatic nitrogens is 3. The summed E-state index contributed by atoms with van der Waals surface area (Å²) in [5.74, 6) is 1.73. The van der Waals surface area contributed by atoms with Crippen LogP contribution in [0.15, 0.2) is 30.3 Å². The van der Waals surface area contributed by atoms with Gasteiger partial charge in [-0.1, -0.05) is 30.3 Å². The molecular formula is C15H20Cl2N4. The summed E-state index contributed by atoms with van der Waals surface area (Å²) in [6.07, 6.45) is 3.36. The Balaban J connectivity index is 0.00000110. The van der Waals surface area contributed by atoms with Crippen LogP contribution in [0.3, 0.4) is 0 Å². The number of benzene rings is 1. The number of halogens is 2. The zero-order valence-electron chi connectivity index (χ0n) is 12.2. The van der Waals surface area contributed by atoms with Gasteiger partial charge in [0.1, 0.15) is 5.82 Å². The Morgan fingerprint density at radius 2 is 1.76 bits per heavy atom. The molecule has 0 radical (unpaired) electrons. The summed E-state index contributed by atoms with van der Waals surface area (Å²) in [6.45, 7) is 4.00. The molecule has 4 nitrogen and oxygen atoms in total. The van der Waals surface area contributed by atoms with Gasteiger partial charge < -0.3 is 5.32 Å². The van der Waals surface area contributed by atoms with Crippen LogP contribution in [0.2, 0.25) is 0 Å². The highest BCUT2D eigenvalue weighted by Crippen LogP contribution is 2.23. The molecular weight excluding hydrogens is 307 g/mol. The first-order valence-corrected chi connectivity index (χ1v) is 6.62. The van der Waals surface area contributed by atoms with E-state index in [-0.39, 0.29) is 24.8 Å². The van der Waals surface area contributed by atoms with Crippen LogP contribution in [0.1, 0.15) is 17.8 Å². The summed E-state index contributed by atoms with van der Waals surface area (Å²) < 4.78 is 1.80. The predicted octanol–water partition coefficient (Wildman–Crippen LogP) is 3.01. The third kappa shape index (κ3) is 3.84. The van der Waals surface area contributed by atoms with Crippen molar-refractivity contribution in [3.05, 3.63) is 41.7 Å². The van der Waals surface area contributed by atoms with Crippen LogP contribution in [0.4, 0.5) is 0 Å². The Kier molecular flexibility index (Phi) is 6.40. The van der Waals surface area contributed by atoms with Gasteiger partial charge in [-0.3, -0.25) is 4.68 Å². The van der Waals surface area contributed by atoms with Crippen molar-refractivity contribution in [2.75, 3.05) is 13.1 Å². The van der Waals surface area contributed by atoms with Gasteiger partial charge in [-0.2, -0.15) is 5.10 Å². The Hall–Kier alpha value is -1.36. The first-order valence-electron chi connectivity index (χ1n) is 6.62. The highest BCUT2D eigenvalue weighted by atomic mass is 35.5. The Morgan fingerprint density at radius 1 is 1.10 bits per heavy atom. The van der Waals surface area contributed by atoms with Crippen molar-refractivity contribution < 1.29 is 0 Å². The number of hydrogen-bond acceptors (Lipinski definition) is 3. The van der Waals surface area contributed by atoms with Crippen LogP contribution < -0.4 is 5.32 Å². The van der Waals surface area contributed by atoms with Gasteiger partial charge >= 0.3 is 0 Å². The van der Waals surface area contributed by atoms with Crippen LogP contribution in [-0.2, 0) is 7.05 Å². The maximum absolute atomic E-state index is 4.45. The highest BCUT2D eigenvalue weighted by Gasteiger charge is 2.08. The molecule has 1 aliphatic heterocycles. The second-order valence-corrected chi connectivity index (χ2v) is 4.87. The zero-order chi connectivity index (χ0) is 13.2. The summed E-state index contributed by atoms with van der Waals surface area (Å²) in [7, 11) is 1.92. The van der Waals surface area contributed by atoms with Gasteiger partial charge in [-0.05, 0) is 31.0 Å². The van der Waals surface area contributed by atoms with Crippen LogP contribution >= 0.6 is 24.8 Å². The molecule has 1 aliphatic rings. The Labute approximate surface area is 137 Å². The number of nitrogens with one attached hydrogen (secondary N) is 1. The first-order chi connectivity index (χ1) is 9.24. The van der Waals surface area contributed by atoms with Gasteiger partial charge in [0, 0.05) is 19.2 Å². The quantitative estimate of drug-likeness (QED) is 0.922. The molecule has 2 heterocycles. The summed E-state index contributed by atoms with van der Waals surface area (Å²) in [5, 5.41) is 7.74. The minimum atomic E-state index is 0. The van der Waals surface area contributed by atoms with Crippen molar-refractivity contribution in [3.63, 3.8) is 0 Å². The normalized spacial score (nSPS) is 13.9. The van der Waals surface area contributed by atoms with E-state index in [0.29, 0.717) is 0 Å². The molecule has 0 atom stereocenters. The lowest BCUT2D eigenvalue weighted by Crippen LogP contribution is -2.19. The van der Waals surface area contributed by atoms with E-state index in [1.807, 2.05) is 14.0 Å². The van der Waals surface area contributed by atoms with Crippen molar-refractivity contribution in [1.82, 2.24) is 20.1 Å². The fraction of sp³-hybridized carbons (Fsp3) is 0.333. The van der Waals surface area contributed by atoms with Gasteiger partial charge in [-0.15, -0.1) is 24.8 Å². The monoisotopic (exact) mass is 326 g/mol. The number of hydrogen-bond donors (Lipinski definition) is 1. The smallest absolute Gasteiger partial charge is 0.181 e. The molecule has 6 heteroatoms. The van der Waals surface area contributed by atoms with Gasteiger partial charge in [0.2, 0.25) is 0 Å². The van der Waals surface area contributed by atoms with E-state index < -0.39 is 0 Å². The zero-order valence-corrected chi connectivity index (χ0v) is 13.8. The van der Waals surface area contributed by atoms with Gasteiger partial charge in [0.15, 0.2) is 5.82 Å². The molecule has 0 aliphatic carbocycles. The van der Waals surface area contributed by atoms with E-state index in [0.717, 1.165) is 36.7 Å². The van der Waals surface area contributed by atoms with E-state index >= 15 is 0 Å². The lowest BCUT2D eigenvalue weighted by molar-refractivity contribution is 0.736.